The third kappa shape index (κ3) is 5.12. The van der Waals surface area contributed by atoms with Crippen LogP contribution in [-0.4, -0.2) is 22.8 Å². The smallest absolute Gasteiger partial charge is 0.407 e. The average molecular weight is 288 g/mol. The zero-order chi connectivity index (χ0) is 14.9. The molecule has 0 aliphatic carbocycles. The average Bonchev–Trinajstić information content (AvgIpc) is 2.98. The third-order valence-electron chi connectivity index (χ3n) is 2.56. The van der Waals surface area contributed by atoms with E-state index >= 15 is 0 Å². The van der Waals surface area contributed by atoms with Crippen LogP contribution in [-0.2, 0) is 17.9 Å². The van der Waals surface area contributed by atoms with Gasteiger partial charge in [0, 0.05) is 0 Å². The molecule has 0 aliphatic heterocycles. The van der Waals surface area contributed by atoms with Crippen LogP contribution in [0.15, 0.2) is 47.1 Å². The largest absolute Gasteiger partial charge is 0.446 e. The molecule has 2 N–H and O–H groups in total. The molecule has 0 saturated carbocycles. The molecule has 0 saturated heterocycles. The highest BCUT2D eigenvalue weighted by molar-refractivity contribution is 5.67. The summed E-state index contributed by atoms with van der Waals surface area (Å²) in [5.41, 5.74) is 1.50. The van der Waals surface area contributed by atoms with E-state index in [-0.39, 0.29) is 19.8 Å². The first kappa shape index (κ1) is 14.8. The van der Waals surface area contributed by atoms with Crippen LogP contribution in [0.4, 0.5) is 4.79 Å². The second-order valence-corrected chi connectivity index (χ2v) is 4.17. The fourth-order valence-corrected chi connectivity index (χ4v) is 1.58. The molecule has 2 aromatic rings. The van der Waals surface area contributed by atoms with Gasteiger partial charge in [0.25, 0.3) is 0 Å². The predicted molar refractivity (Wildman–Crippen MR) is 76.1 cm³/mol. The lowest BCUT2D eigenvalue weighted by molar-refractivity contribution is 0.138. The van der Waals surface area contributed by atoms with E-state index in [1.807, 2.05) is 30.3 Å². The highest BCUT2D eigenvalue weighted by atomic mass is 16.5. The van der Waals surface area contributed by atoms with Gasteiger partial charge in [0.1, 0.15) is 18.6 Å². The Kier molecular flexibility index (Phi) is 5.54. The number of carbonyl (C=O) groups is 1. The molecule has 1 amide bonds. The number of amides is 1. The summed E-state index contributed by atoms with van der Waals surface area (Å²) in [5, 5.41) is 11.2. The van der Waals surface area contributed by atoms with Crippen molar-refractivity contribution >= 4 is 12.2 Å². The monoisotopic (exact) mass is 288 g/mol. The summed E-state index contributed by atoms with van der Waals surface area (Å²) in [6.07, 6.45) is 4.08. The lowest BCUT2D eigenvalue weighted by Crippen LogP contribution is -2.23. The van der Waals surface area contributed by atoms with Crippen molar-refractivity contribution in [1.82, 2.24) is 10.3 Å². The first-order chi connectivity index (χ1) is 10.3. The Balaban J connectivity index is 1.73. The van der Waals surface area contributed by atoms with Crippen LogP contribution < -0.4 is 5.32 Å². The summed E-state index contributed by atoms with van der Waals surface area (Å²) in [7, 11) is 0. The zero-order valence-electron chi connectivity index (χ0n) is 11.4. The number of nitrogens with one attached hydrogen (secondary N) is 1. The minimum atomic E-state index is -0.537. The van der Waals surface area contributed by atoms with Crippen molar-refractivity contribution < 1.29 is 19.1 Å². The molecular weight excluding hydrogens is 272 g/mol. The molecule has 6 heteroatoms. The number of hydrogen-bond acceptors (Lipinski definition) is 5. The highest BCUT2D eigenvalue weighted by Crippen LogP contribution is 2.04. The number of aliphatic hydroxyl groups excluding tert-OH is 1. The number of aliphatic hydroxyl groups is 1. The van der Waals surface area contributed by atoms with Crippen molar-refractivity contribution in [2.45, 2.75) is 13.2 Å². The van der Waals surface area contributed by atoms with Gasteiger partial charge in [-0.25, -0.2) is 9.78 Å². The van der Waals surface area contributed by atoms with Gasteiger partial charge >= 0.3 is 6.09 Å². The highest BCUT2D eigenvalue weighted by Gasteiger charge is 2.06. The number of ether oxygens (including phenoxy) is 1. The second-order valence-electron chi connectivity index (χ2n) is 4.17. The number of nitrogens with zero attached hydrogens (tertiary/aromatic N) is 1. The topological polar surface area (TPSA) is 84.6 Å². The summed E-state index contributed by atoms with van der Waals surface area (Å²) in [4.78, 5) is 15.6. The van der Waals surface area contributed by atoms with Crippen LogP contribution in [0, 0.1) is 0 Å². The number of alkyl carbamates (subject to hydrolysis) is 1. The van der Waals surface area contributed by atoms with E-state index in [9.17, 15) is 4.79 Å². The van der Waals surface area contributed by atoms with Crippen molar-refractivity contribution in [2.24, 2.45) is 0 Å². The second kappa shape index (κ2) is 7.86. The van der Waals surface area contributed by atoms with E-state index in [4.69, 9.17) is 14.3 Å². The van der Waals surface area contributed by atoms with E-state index in [2.05, 4.69) is 10.3 Å². The molecule has 1 aromatic carbocycles. The molecule has 0 atom stereocenters. The van der Waals surface area contributed by atoms with Gasteiger partial charge in [-0.2, -0.15) is 0 Å². The van der Waals surface area contributed by atoms with E-state index in [1.165, 1.54) is 6.26 Å². The Hall–Kier alpha value is -2.60. The lowest BCUT2D eigenvalue weighted by Gasteiger charge is -2.05. The number of hydrogen-bond donors (Lipinski definition) is 2. The van der Waals surface area contributed by atoms with Gasteiger partial charge in [0.2, 0.25) is 5.89 Å². The molecule has 0 fully saturated rings. The van der Waals surface area contributed by atoms with Gasteiger partial charge in [0.05, 0.1) is 13.2 Å². The number of rotatable bonds is 6. The molecule has 21 heavy (non-hydrogen) atoms. The normalized spacial score (nSPS) is 10.7. The quantitative estimate of drug-likeness (QED) is 0.850. The van der Waals surface area contributed by atoms with E-state index < -0.39 is 6.09 Å². The molecular formula is C15H16N2O4. The standard InChI is InChI=1S/C15H16N2O4/c18-8-4-7-13-11-20-14(17-13)9-16-15(19)21-10-12-5-2-1-3-6-12/h1-7,11,18H,8-10H2,(H,16,19)/b7-4+. The van der Waals surface area contributed by atoms with Gasteiger partial charge in [-0.15, -0.1) is 0 Å². The van der Waals surface area contributed by atoms with E-state index in [0.29, 0.717) is 11.6 Å². The van der Waals surface area contributed by atoms with Crippen molar-refractivity contribution in [1.29, 1.82) is 0 Å². The Morgan fingerprint density at radius 2 is 2.19 bits per heavy atom. The maximum absolute atomic E-state index is 11.5. The van der Waals surface area contributed by atoms with Gasteiger partial charge in [-0.05, 0) is 11.6 Å². The molecule has 1 aromatic heterocycles. The van der Waals surface area contributed by atoms with Crippen LogP contribution in [0.5, 0.6) is 0 Å². The van der Waals surface area contributed by atoms with Crippen molar-refractivity contribution in [3.05, 3.63) is 59.8 Å². The first-order valence-electron chi connectivity index (χ1n) is 6.44. The summed E-state index contributed by atoms with van der Waals surface area (Å²) in [6, 6.07) is 9.41. The van der Waals surface area contributed by atoms with Crippen molar-refractivity contribution in [3.8, 4) is 0 Å². The fraction of sp³-hybridized carbons (Fsp3) is 0.200. The minimum absolute atomic E-state index is 0.0632. The molecule has 1 heterocycles. The Bertz CT molecular complexity index is 593. The van der Waals surface area contributed by atoms with Gasteiger partial charge < -0.3 is 19.6 Å². The van der Waals surface area contributed by atoms with Gasteiger partial charge in [-0.1, -0.05) is 36.4 Å². The number of oxazole rings is 1. The molecule has 0 aliphatic rings. The predicted octanol–water partition coefficient (Wildman–Crippen LogP) is 2.11. The number of carbonyl (C=O) groups excluding carboxylic acids is 1. The Morgan fingerprint density at radius 3 is 2.95 bits per heavy atom. The molecule has 0 radical (unpaired) electrons. The van der Waals surface area contributed by atoms with Crippen molar-refractivity contribution in [2.75, 3.05) is 6.61 Å². The van der Waals surface area contributed by atoms with Crippen LogP contribution in [0.1, 0.15) is 17.1 Å². The van der Waals surface area contributed by atoms with E-state index in [0.717, 1.165) is 5.56 Å². The van der Waals surface area contributed by atoms with Gasteiger partial charge in [-0.3, -0.25) is 0 Å². The molecule has 2 rings (SSSR count). The zero-order valence-corrected chi connectivity index (χ0v) is 11.4. The summed E-state index contributed by atoms with van der Waals surface area (Å²) >= 11 is 0. The Morgan fingerprint density at radius 1 is 1.38 bits per heavy atom. The molecule has 0 bridgehead atoms. The van der Waals surface area contributed by atoms with Crippen LogP contribution in [0.3, 0.4) is 0 Å². The van der Waals surface area contributed by atoms with Crippen LogP contribution in [0.25, 0.3) is 6.08 Å². The minimum Gasteiger partial charge on any atom is -0.446 e. The molecule has 6 nitrogen and oxygen atoms in total. The number of aromatic nitrogens is 1. The first-order valence-corrected chi connectivity index (χ1v) is 6.44. The SMILES string of the molecule is O=C(NCc1nc(/C=C/CO)co1)OCc1ccccc1. The van der Waals surface area contributed by atoms with Crippen LogP contribution >= 0.6 is 0 Å². The summed E-state index contributed by atoms with van der Waals surface area (Å²) in [5.74, 6) is 0.365. The molecule has 0 unspecified atom stereocenters. The van der Waals surface area contributed by atoms with Gasteiger partial charge in [0.15, 0.2) is 0 Å². The van der Waals surface area contributed by atoms with E-state index in [1.54, 1.807) is 12.2 Å². The molecule has 0 spiro atoms. The summed E-state index contributed by atoms with van der Waals surface area (Å²) in [6.45, 7) is 0.287. The fourth-order valence-electron chi connectivity index (χ4n) is 1.58. The Labute approximate surface area is 122 Å². The summed E-state index contributed by atoms with van der Waals surface area (Å²) < 4.78 is 10.2. The molecule has 110 valence electrons. The maximum Gasteiger partial charge on any atom is 0.407 e. The lowest BCUT2D eigenvalue weighted by atomic mass is 10.2. The van der Waals surface area contributed by atoms with Crippen LogP contribution in [0.2, 0.25) is 0 Å². The van der Waals surface area contributed by atoms with Crippen molar-refractivity contribution in [3.63, 3.8) is 0 Å². The maximum atomic E-state index is 11.5. The third-order valence-corrected chi connectivity index (χ3v) is 2.56. The number of benzene rings is 1.